The number of benzene rings is 1. The van der Waals surface area contributed by atoms with Crippen molar-refractivity contribution in [3.63, 3.8) is 0 Å². The normalized spacial score (nSPS) is 16.5. The molecular weight excluding hydrogens is 296 g/mol. The average Bonchev–Trinajstić information content (AvgIpc) is 2.99. The van der Waals surface area contributed by atoms with Gasteiger partial charge in [-0.25, -0.2) is 4.98 Å². The number of nitrogens with zero attached hydrogens (tertiary/aromatic N) is 1. The quantitative estimate of drug-likeness (QED) is 0.906. The summed E-state index contributed by atoms with van der Waals surface area (Å²) in [7, 11) is 0. The number of halogens is 1. The molecule has 0 bridgehead atoms. The van der Waals surface area contributed by atoms with E-state index in [0.29, 0.717) is 10.8 Å². The molecule has 1 aromatic carbocycles. The standard InChI is InChI=1S/C18H19ClN2O/c1-13-5-4-6-16(20-13)21-17(22)18(11-2-3-12-18)14-7-9-15(19)10-8-14/h4-10H,2-3,11-12H2,1H3,(H,20,21,22). The molecule has 0 saturated heterocycles. The minimum absolute atomic E-state index is 0.0328. The summed E-state index contributed by atoms with van der Waals surface area (Å²) < 4.78 is 0. The first kappa shape index (κ1) is 15.0. The van der Waals surface area contributed by atoms with E-state index in [9.17, 15) is 4.79 Å². The smallest absolute Gasteiger partial charge is 0.236 e. The molecule has 1 aromatic heterocycles. The molecule has 1 heterocycles. The Kier molecular flexibility index (Phi) is 4.16. The molecule has 0 atom stereocenters. The van der Waals surface area contributed by atoms with Gasteiger partial charge in [0.15, 0.2) is 0 Å². The van der Waals surface area contributed by atoms with E-state index in [-0.39, 0.29) is 5.91 Å². The van der Waals surface area contributed by atoms with E-state index in [1.54, 1.807) is 0 Å². The number of nitrogens with one attached hydrogen (secondary N) is 1. The molecule has 3 nitrogen and oxygen atoms in total. The highest BCUT2D eigenvalue weighted by molar-refractivity contribution is 6.30. The maximum absolute atomic E-state index is 12.9. The number of carbonyl (C=O) groups excluding carboxylic acids is 1. The molecule has 1 saturated carbocycles. The lowest BCUT2D eigenvalue weighted by Gasteiger charge is -2.28. The van der Waals surface area contributed by atoms with E-state index in [0.717, 1.165) is 36.9 Å². The Morgan fingerprint density at radius 1 is 1.14 bits per heavy atom. The summed E-state index contributed by atoms with van der Waals surface area (Å²) >= 11 is 5.98. The summed E-state index contributed by atoms with van der Waals surface area (Å²) in [5.41, 5.74) is 1.47. The van der Waals surface area contributed by atoms with Gasteiger partial charge in [0.1, 0.15) is 5.82 Å². The molecule has 0 radical (unpaired) electrons. The van der Waals surface area contributed by atoms with Gasteiger partial charge in [-0.2, -0.15) is 0 Å². The lowest BCUT2D eigenvalue weighted by molar-refractivity contribution is -0.121. The maximum Gasteiger partial charge on any atom is 0.236 e. The number of rotatable bonds is 3. The van der Waals surface area contributed by atoms with Crippen LogP contribution in [0.1, 0.15) is 36.9 Å². The van der Waals surface area contributed by atoms with Crippen molar-refractivity contribution < 1.29 is 4.79 Å². The average molecular weight is 315 g/mol. The number of hydrogen-bond acceptors (Lipinski definition) is 2. The van der Waals surface area contributed by atoms with Crippen LogP contribution in [0.3, 0.4) is 0 Å². The fraction of sp³-hybridized carbons (Fsp3) is 0.333. The molecule has 0 aliphatic heterocycles. The maximum atomic E-state index is 12.9. The van der Waals surface area contributed by atoms with Gasteiger partial charge in [0.25, 0.3) is 0 Å². The Balaban J connectivity index is 1.90. The minimum Gasteiger partial charge on any atom is -0.310 e. The number of anilines is 1. The zero-order valence-electron chi connectivity index (χ0n) is 12.6. The van der Waals surface area contributed by atoms with Gasteiger partial charge in [-0.05, 0) is 49.6 Å². The second-order valence-corrected chi connectivity index (χ2v) is 6.35. The summed E-state index contributed by atoms with van der Waals surface area (Å²) in [6.07, 6.45) is 3.87. The van der Waals surface area contributed by atoms with Crippen LogP contribution in [0.2, 0.25) is 5.02 Å². The van der Waals surface area contributed by atoms with Gasteiger partial charge in [-0.3, -0.25) is 4.79 Å². The first-order valence-electron chi connectivity index (χ1n) is 7.61. The van der Waals surface area contributed by atoms with E-state index < -0.39 is 5.41 Å². The predicted molar refractivity (Wildman–Crippen MR) is 89.2 cm³/mol. The Bertz CT molecular complexity index is 676. The zero-order valence-corrected chi connectivity index (χ0v) is 13.4. The molecule has 0 unspecified atom stereocenters. The van der Waals surface area contributed by atoms with Crippen molar-refractivity contribution in [2.75, 3.05) is 5.32 Å². The molecule has 1 aliphatic carbocycles. The predicted octanol–water partition coefficient (Wildman–Crippen LogP) is 4.49. The fourth-order valence-electron chi connectivity index (χ4n) is 3.24. The van der Waals surface area contributed by atoms with Gasteiger partial charge < -0.3 is 5.32 Å². The molecule has 22 heavy (non-hydrogen) atoms. The highest BCUT2D eigenvalue weighted by Crippen LogP contribution is 2.42. The van der Waals surface area contributed by atoms with Crippen molar-refractivity contribution in [3.8, 4) is 0 Å². The van der Waals surface area contributed by atoms with E-state index in [2.05, 4.69) is 10.3 Å². The largest absolute Gasteiger partial charge is 0.310 e. The third-order valence-corrected chi connectivity index (χ3v) is 4.67. The Morgan fingerprint density at radius 2 is 1.82 bits per heavy atom. The summed E-state index contributed by atoms with van der Waals surface area (Å²) in [4.78, 5) is 17.3. The van der Waals surface area contributed by atoms with E-state index >= 15 is 0 Å². The molecular formula is C18H19ClN2O. The minimum atomic E-state index is -0.462. The van der Waals surface area contributed by atoms with Crippen LogP contribution in [0, 0.1) is 6.92 Å². The van der Waals surface area contributed by atoms with Gasteiger partial charge in [0.2, 0.25) is 5.91 Å². The van der Waals surface area contributed by atoms with Crippen LogP contribution in [0.15, 0.2) is 42.5 Å². The van der Waals surface area contributed by atoms with Crippen molar-refractivity contribution in [1.82, 2.24) is 4.98 Å². The van der Waals surface area contributed by atoms with Crippen LogP contribution in [0.25, 0.3) is 0 Å². The molecule has 3 rings (SSSR count). The molecule has 1 N–H and O–H groups in total. The number of amides is 1. The first-order valence-corrected chi connectivity index (χ1v) is 7.99. The van der Waals surface area contributed by atoms with Crippen LogP contribution in [-0.2, 0) is 10.2 Å². The number of hydrogen-bond donors (Lipinski definition) is 1. The van der Waals surface area contributed by atoms with Crippen molar-refractivity contribution in [2.45, 2.75) is 38.0 Å². The van der Waals surface area contributed by atoms with Crippen LogP contribution in [-0.4, -0.2) is 10.9 Å². The number of pyridine rings is 1. The molecule has 114 valence electrons. The number of aromatic nitrogens is 1. The third kappa shape index (κ3) is 2.86. The first-order chi connectivity index (χ1) is 10.6. The molecule has 2 aromatic rings. The fourth-order valence-corrected chi connectivity index (χ4v) is 3.37. The highest BCUT2D eigenvalue weighted by Gasteiger charge is 2.42. The van der Waals surface area contributed by atoms with Gasteiger partial charge >= 0.3 is 0 Å². The van der Waals surface area contributed by atoms with Crippen LogP contribution in [0.5, 0.6) is 0 Å². The van der Waals surface area contributed by atoms with Crippen LogP contribution in [0.4, 0.5) is 5.82 Å². The van der Waals surface area contributed by atoms with Gasteiger partial charge in [-0.1, -0.05) is 42.6 Å². The topological polar surface area (TPSA) is 42.0 Å². The number of carbonyl (C=O) groups is 1. The zero-order chi connectivity index (χ0) is 15.6. The Morgan fingerprint density at radius 3 is 2.45 bits per heavy atom. The van der Waals surface area contributed by atoms with Gasteiger partial charge in [-0.15, -0.1) is 0 Å². The molecule has 4 heteroatoms. The summed E-state index contributed by atoms with van der Waals surface area (Å²) in [6.45, 7) is 1.92. The van der Waals surface area contributed by atoms with Gasteiger partial charge in [0.05, 0.1) is 5.41 Å². The van der Waals surface area contributed by atoms with Crippen LogP contribution < -0.4 is 5.32 Å². The third-order valence-electron chi connectivity index (χ3n) is 4.42. The second kappa shape index (κ2) is 6.09. The summed E-state index contributed by atoms with van der Waals surface area (Å²) in [6, 6.07) is 13.3. The second-order valence-electron chi connectivity index (χ2n) is 5.91. The highest BCUT2D eigenvalue weighted by atomic mass is 35.5. The van der Waals surface area contributed by atoms with Crippen molar-refractivity contribution in [1.29, 1.82) is 0 Å². The van der Waals surface area contributed by atoms with Crippen molar-refractivity contribution >= 4 is 23.3 Å². The van der Waals surface area contributed by atoms with E-state index in [1.165, 1.54) is 0 Å². The Hall–Kier alpha value is -1.87. The summed E-state index contributed by atoms with van der Waals surface area (Å²) in [5, 5.41) is 3.69. The van der Waals surface area contributed by atoms with Gasteiger partial charge in [0, 0.05) is 10.7 Å². The lowest BCUT2D eigenvalue weighted by atomic mass is 9.78. The van der Waals surface area contributed by atoms with Crippen molar-refractivity contribution in [3.05, 3.63) is 58.7 Å². The van der Waals surface area contributed by atoms with E-state index in [1.807, 2.05) is 49.4 Å². The SMILES string of the molecule is Cc1cccc(NC(=O)C2(c3ccc(Cl)cc3)CCCC2)n1. The van der Waals surface area contributed by atoms with Crippen LogP contribution >= 0.6 is 11.6 Å². The summed E-state index contributed by atoms with van der Waals surface area (Å²) in [5.74, 6) is 0.649. The van der Waals surface area contributed by atoms with Crippen molar-refractivity contribution in [2.24, 2.45) is 0 Å². The molecule has 1 aliphatic rings. The Labute approximate surface area is 135 Å². The monoisotopic (exact) mass is 314 g/mol. The molecule has 0 spiro atoms. The molecule has 1 amide bonds. The lowest BCUT2D eigenvalue weighted by Crippen LogP contribution is -2.38. The number of aryl methyl sites for hydroxylation is 1. The molecule has 1 fully saturated rings. The van der Waals surface area contributed by atoms with E-state index in [4.69, 9.17) is 11.6 Å².